The van der Waals surface area contributed by atoms with Gasteiger partial charge in [0.05, 0.1) is 22.1 Å². The first-order valence-corrected chi connectivity index (χ1v) is 5.81. The number of benzene rings is 2. The molecule has 0 heterocycles. The van der Waals surface area contributed by atoms with Crippen molar-refractivity contribution in [1.82, 2.24) is 0 Å². The number of nitrogens with zero attached hydrogens (tertiary/aromatic N) is 1. The molecule has 5 nitrogen and oxygen atoms in total. The van der Waals surface area contributed by atoms with Gasteiger partial charge in [0.2, 0.25) is 5.75 Å². The molecule has 1 N–H and O–H groups in total. The average molecular weight is 280 g/mol. The molecule has 0 saturated heterocycles. The topological polar surface area (TPSA) is 72.6 Å². The van der Waals surface area contributed by atoms with Crippen molar-refractivity contribution in [3.8, 4) is 11.5 Å². The molecule has 6 heteroatoms. The van der Waals surface area contributed by atoms with Crippen LogP contribution in [0.5, 0.6) is 11.5 Å². The normalized spacial score (nSPS) is 10.2. The van der Waals surface area contributed by atoms with E-state index >= 15 is 0 Å². The second-order valence-electron chi connectivity index (χ2n) is 3.71. The van der Waals surface area contributed by atoms with Crippen molar-refractivity contribution in [3.63, 3.8) is 0 Å². The third-order valence-electron chi connectivity index (χ3n) is 2.49. The first-order chi connectivity index (χ1) is 9.13. The van der Waals surface area contributed by atoms with Gasteiger partial charge in [-0.1, -0.05) is 29.8 Å². The minimum absolute atomic E-state index is 0.0460. The maximum Gasteiger partial charge on any atom is 0.317 e. The predicted octanol–water partition coefficient (Wildman–Crippen LogP) is 3.53. The molecule has 0 radical (unpaired) electrons. The molecule has 98 valence electrons. The Morgan fingerprint density at radius 3 is 2.47 bits per heavy atom. The van der Waals surface area contributed by atoms with Crippen LogP contribution in [0.25, 0.3) is 0 Å². The molecule has 0 aliphatic heterocycles. The SMILES string of the molecule is O=[N+]([O-])c1c(CO)cccc1Oc1ccccc1Cl. The fourth-order valence-electron chi connectivity index (χ4n) is 1.63. The summed E-state index contributed by atoms with van der Waals surface area (Å²) in [7, 11) is 0. The van der Waals surface area contributed by atoms with Crippen molar-refractivity contribution < 1.29 is 14.8 Å². The highest BCUT2D eigenvalue weighted by atomic mass is 35.5. The molecule has 0 aliphatic carbocycles. The van der Waals surface area contributed by atoms with Crippen LogP contribution in [0.1, 0.15) is 5.56 Å². The highest BCUT2D eigenvalue weighted by Crippen LogP contribution is 2.36. The van der Waals surface area contributed by atoms with E-state index in [1.165, 1.54) is 12.1 Å². The van der Waals surface area contributed by atoms with Gasteiger partial charge in [-0.25, -0.2) is 0 Å². The largest absolute Gasteiger partial charge is 0.449 e. The van der Waals surface area contributed by atoms with E-state index in [0.29, 0.717) is 10.8 Å². The van der Waals surface area contributed by atoms with Crippen LogP contribution in [-0.2, 0) is 6.61 Å². The van der Waals surface area contributed by atoms with Crippen LogP contribution in [0.4, 0.5) is 5.69 Å². The molecule has 19 heavy (non-hydrogen) atoms. The summed E-state index contributed by atoms with van der Waals surface area (Å²) in [5.41, 5.74) is -0.0699. The number of aliphatic hydroxyl groups is 1. The van der Waals surface area contributed by atoms with E-state index in [0.717, 1.165) is 0 Å². The van der Waals surface area contributed by atoms with Gasteiger partial charge in [-0.15, -0.1) is 0 Å². The van der Waals surface area contributed by atoms with E-state index in [9.17, 15) is 10.1 Å². The van der Waals surface area contributed by atoms with E-state index < -0.39 is 11.5 Å². The number of para-hydroxylation sites is 2. The minimum Gasteiger partial charge on any atom is -0.449 e. The Labute approximate surface area is 114 Å². The van der Waals surface area contributed by atoms with Crippen molar-refractivity contribution in [2.45, 2.75) is 6.61 Å². The van der Waals surface area contributed by atoms with Gasteiger partial charge >= 0.3 is 5.69 Å². The van der Waals surface area contributed by atoms with Crippen molar-refractivity contribution in [3.05, 3.63) is 63.2 Å². The van der Waals surface area contributed by atoms with Gasteiger partial charge in [-0.3, -0.25) is 10.1 Å². The smallest absolute Gasteiger partial charge is 0.317 e. The molecule has 2 aromatic carbocycles. The Morgan fingerprint density at radius 2 is 1.84 bits per heavy atom. The summed E-state index contributed by atoms with van der Waals surface area (Å²) in [4.78, 5) is 10.5. The lowest BCUT2D eigenvalue weighted by molar-refractivity contribution is -0.386. The molecule has 0 aliphatic rings. The van der Waals surface area contributed by atoms with Gasteiger partial charge in [-0.05, 0) is 24.3 Å². The predicted molar refractivity (Wildman–Crippen MR) is 70.5 cm³/mol. The van der Waals surface area contributed by atoms with Crippen LogP contribution in [0.3, 0.4) is 0 Å². The molecule has 0 aromatic heterocycles. The fourth-order valence-corrected chi connectivity index (χ4v) is 1.81. The van der Waals surface area contributed by atoms with E-state index in [4.69, 9.17) is 21.4 Å². The van der Waals surface area contributed by atoms with Gasteiger partial charge in [0.15, 0.2) is 0 Å². The number of nitro benzene ring substituents is 1. The van der Waals surface area contributed by atoms with Gasteiger partial charge in [-0.2, -0.15) is 0 Å². The van der Waals surface area contributed by atoms with Crippen molar-refractivity contribution in [2.24, 2.45) is 0 Å². The van der Waals surface area contributed by atoms with Crippen LogP contribution in [0, 0.1) is 10.1 Å². The molecular formula is C13H10ClNO4. The number of hydrogen-bond acceptors (Lipinski definition) is 4. The van der Waals surface area contributed by atoms with Crippen LogP contribution < -0.4 is 4.74 Å². The highest BCUT2D eigenvalue weighted by Gasteiger charge is 2.21. The first kappa shape index (κ1) is 13.3. The maximum absolute atomic E-state index is 11.1. The van der Waals surface area contributed by atoms with Crippen LogP contribution in [0.15, 0.2) is 42.5 Å². The number of ether oxygens (including phenoxy) is 1. The van der Waals surface area contributed by atoms with Crippen molar-refractivity contribution in [2.75, 3.05) is 0 Å². The minimum atomic E-state index is -0.586. The van der Waals surface area contributed by atoms with E-state index in [-0.39, 0.29) is 17.0 Å². The Bertz CT molecular complexity index is 615. The Balaban J connectivity index is 2.46. The zero-order chi connectivity index (χ0) is 13.8. The molecule has 2 rings (SSSR count). The molecule has 0 saturated carbocycles. The third-order valence-corrected chi connectivity index (χ3v) is 2.80. The molecule has 2 aromatic rings. The fraction of sp³-hybridized carbons (Fsp3) is 0.0769. The van der Waals surface area contributed by atoms with Crippen LogP contribution in [0.2, 0.25) is 5.02 Å². The summed E-state index contributed by atoms with van der Waals surface area (Å²) in [5, 5.41) is 20.5. The van der Waals surface area contributed by atoms with Crippen molar-refractivity contribution in [1.29, 1.82) is 0 Å². The summed E-state index contributed by atoms with van der Waals surface area (Å²) >= 11 is 5.94. The summed E-state index contributed by atoms with van der Waals surface area (Å²) in [6, 6.07) is 11.2. The van der Waals surface area contributed by atoms with Gasteiger partial charge in [0, 0.05) is 0 Å². The van der Waals surface area contributed by atoms with Crippen LogP contribution in [-0.4, -0.2) is 10.0 Å². The summed E-state index contributed by atoms with van der Waals surface area (Å²) in [6.45, 7) is -0.434. The molecule has 0 bridgehead atoms. The Kier molecular flexibility index (Phi) is 3.99. The Morgan fingerprint density at radius 1 is 1.16 bits per heavy atom. The van der Waals surface area contributed by atoms with Crippen LogP contribution >= 0.6 is 11.6 Å². The number of halogens is 1. The quantitative estimate of drug-likeness (QED) is 0.686. The number of nitro groups is 1. The second kappa shape index (κ2) is 5.69. The maximum atomic E-state index is 11.1. The molecule has 0 fully saturated rings. The van der Waals surface area contributed by atoms with E-state index in [1.54, 1.807) is 30.3 Å². The highest BCUT2D eigenvalue weighted by molar-refractivity contribution is 6.32. The average Bonchev–Trinajstić information content (AvgIpc) is 2.40. The summed E-state index contributed by atoms with van der Waals surface area (Å²) in [6.07, 6.45) is 0. The zero-order valence-corrected chi connectivity index (χ0v) is 10.5. The molecular weight excluding hydrogens is 270 g/mol. The number of rotatable bonds is 4. The summed E-state index contributed by atoms with van der Waals surface area (Å²) in [5.74, 6) is 0.368. The van der Waals surface area contributed by atoms with E-state index in [1.807, 2.05) is 0 Å². The first-order valence-electron chi connectivity index (χ1n) is 5.43. The molecule has 0 amide bonds. The standard InChI is InChI=1S/C13H10ClNO4/c14-10-5-1-2-6-11(10)19-12-7-3-4-9(8-16)13(12)15(17)18/h1-7,16H,8H2. The van der Waals surface area contributed by atoms with E-state index in [2.05, 4.69) is 0 Å². The molecule has 0 spiro atoms. The Hall–Kier alpha value is -2.11. The lowest BCUT2D eigenvalue weighted by Crippen LogP contribution is -1.98. The second-order valence-corrected chi connectivity index (χ2v) is 4.12. The summed E-state index contributed by atoms with van der Waals surface area (Å²) < 4.78 is 5.46. The molecule has 0 atom stereocenters. The lowest BCUT2D eigenvalue weighted by Gasteiger charge is -2.09. The van der Waals surface area contributed by atoms with Gasteiger partial charge in [0.25, 0.3) is 0 Å². The lowest BCUT2D eigenvalue weighted by atomic mass is 10.2. The third kappa shape index (κ3) is 2.83. The van der Waals surface area contributed by atoms with Gasteiger partial charge in [0.1, 0.15) is 5.75 Å². The zero-order valence-electron chi connectivity index (χ0n) is 9.75. The van der Waals surface area contributed by atoms with Gasteiger partial charge < -0.3 is 9.84 Å². The van der Waals surface area contributed by atoms with Crippen molar-refractivity contribution >= 4 is 17.3 Å². The number of aliphatic hydroxyl groups excluding tert-OH is 1. The monoisotopic (exact) mass is 279 g/mol. The number of hydrogen-bond donors (Lipinski definition) is 1. The molecule has 0 unspecified atom stereocenters.